The predicted octanol–water partition coefficient (Wildman–Crippen LogP) is -2.28. The number of fused-ring (bicyclic) bond motifs is 1. The van der Waals surface area contributed by atoms with Crippen LogP contribution in [-0.4, -0.2) is 70.6 Å². The van der Waals surface area contributed by atoms with Crippen LogP contribution in [0.5, 0.6) is 0 Å². The van der Waals surface area contributed by atoms with Crippen LogP contribution < -0.4 is 11.5 Å². The average molecular weight is 387 g/mol. The van der Waals surface area contributed by atoms with Gasteiger partial charge >= 0.3 is 0 Å². The molecule has 1 aliphatic heterocycles. The number of amides is 1. The van der Waals surface area contributed by atoms with E-state index in [9.17, 15) is 20.1 Å². The molecular weight excluding hydrogens is 370 g/mol. The maximum atomic E-state index is 12.0. The van der Waals surface area contributed by atoms with Crippen molar-refractivity contribution in [3.8, 4) is 0 Å². The Morgan fingerprint density at radius 3 is 2.79 bits per heavy atom. The van der Waals surface area contributed by atoms with Crippen LogP contribution in [0, 0.1) is 0 Å². The standard InChI is InChI=1S/C16H17N7O5/c17-13-10-15(21-5-20-13)23(6-22-10)16(12(26)11(25)9(4-24)28-16)8-1-2-19-3-7(8)14(18)27/h1-3,5-6,9,11-12,24-26H,4H2,(H2,18,27)(H2,17,20,21)/t9-,11-,12-,16-/m1/s1. The molecule has 1 aliphatic rings. The second-order valence-corrected chi connectivity index (χ2v) is 6.30. The molecule has 12 nitrogen and oxygen atoms in total. The number of nitrogens with zero attached hydrogens (tertiary/aromatic N) is 5. The van der Waals surface area contributed by atoms with Crippen molar-refractivity contribution < 1.29 is 24.9 Å². The number of hydrogen-bond acceptors (Lipinski definition) is 10. The zero-order chi connectivity index (χ0) is 20.1. The number of carbonyl (C=O) groups is 1. The summed E-state index contributed by atoms with van der Waals surface area (Å²) < 4.78 is 7.25. The molecule has 3 aromatic rings. The SMILES string of the molecule is NC(=O)c1cnccc1[C@@]1(n2cnc3c(N)ncnc32)O[C@H](CO)[C@@H](O)[C@H]1O. The number of aliphatic hydroxyl groups is 3. The first-order valence-electron chi connectivity index (χ1n) is 8.25. The monoisotopic (exact) mass is 387 g/mol. The van der Waals surface area contributed by atoms with Gasteiger partial charge in [0.2, 0.25) is 5.72 Å². The van der Waals surface area contributed by atoms with Gasteiger partial charge in [0.1, 0.15) is 30.2 Å². The van der Waals surface area contributed by atoms with E-state index in [1.54, 1.807) is 0 Å². The summed E-state index contributed by atoms with van der Waals surface area (Å²) in [6, 6.07) is 1.42. The third-order valence-electron chi connectivity index (χ3n) is 4.81. The summed E-state index contributed by atoms with van der Waals surface area (Å²) >= 11 is 0. The number of hydrogen-bond donors (Lipinski definition) is 5. The molecule has 4 rings (SSSR count). The van der Waals surface area contributed by atoms with E-state index in [1.807, 2.05) is 0 Å². The van der Waals surface area contributed by atoms with Crippen molar-refractivity contribution in [2.24, 2.45) is 5.73 Å². The van der Waals surface area contributed by atoms with Gasteiger partial charge in [-0.1, -0.05) is 0 Å². The van der Waals surface area contributed by atoms with Crippen molar-refractivity contribution in [1.82, 2.24) is 24.5 Å². The Kier molecular flexibility index (Phi) is 4.19. The van der Waals surface area contributed by atoms with E-state index in [4.69, 9.17) is 16.2 Å². The lowest BCUT2D eigenvalue weighted by molar-refractivity contribution is -0.116. The van der Waals surface area contributed by atoms with E-state index < -0.39 is 36.6 Å². The third-order valence-corrected chi connectivity index (χ3v) is 4.81. The molecule has 0 radical (unpaired) electrons. The minimum Gasteiger partial charge on any atom is -0.394 e. The number of aliphatic hydroxyl groups excluding tert-OH is 3. The number of rotatable bonds is 4. The highest BCUT2D eigenvalue weighted by Crippen LogP contribution is 2.43. The molecule has 0 saturated carbocycles. The van der Waals surface area contributed by atoms with Crippen LogP contribution in [0.15, 0.2) is 31.1 Å². The largest absolute Gasteiger partial charge is 0.394 e. The molecule has 1 amide bonds. The summed E-state index contributed by atoms with van der Waals surface area (Å²) in [6.07, 6.45) is 0.843. The first-order chi connectivity index (χ1) is 13.4. The number of nitrogens with two attached hydrogens (primary N) is 2. The van der Waals surface area contributed by atoms with Crippen LogP contribution in [0.25, 0.3) is 11.2 Å². The molecule has 0 aromatic carbocycles. The molecular formula is C16H17N7O5. The summed E-state index contributed by atoms with van der Waals surface area (Å²) in [5.41, 5.74) is 9.93. The Hall–Kier alpha value is -3.19. The van der Waals surface area contributed by atoms with Crippen LogP contribution in [0.2, 0.25) is 0 Å². The van der Waals surface area contributed by atoms with E-state index >= 15 is 0 Å². The number of nitrogen functional groups attached to an aromatic ring is 1. The molecule has 0 spiro atoms. The van der Waals surface area contributed by atoms with E-state index in [0.717, 1.165) is 0 Å². The maximum Gasteiger partial charge on any atom is 0.250 e. The van der Waals surface area contributed by atoms with Gasteiger partial charge in [0.05, 0.1) is 18.5 Å². The molecule has 7 N–H and O–H groups in total. The minimum atomic E-state index is -1.88. The number of anilines is 1. The Labute approximate surface area is 157 Å². The normalized spacial score (nSPS) is 27.3. The molecule has 0 unspecified atom stereocenters. The molecule has 1 fully saturated rings. The fourth-order valence-corrected chi connectivity index (χ4v) is 3.50. The zero-order valence-corrected chi connectivity index (χ0v) is 14.4. The number of carbonyl (C=O) groups excluding carboxylic acids is 1. The van der Waals surface area contributed by atoms with Gasteiger partial charge in [0.15, 0.2) is 11.5 Å². The fraction of sp³-hybridized carbons (Fsp3) is 0.312. The summed E-state index contributed by atoms with van der Waals surface area (Å²) in [5.74, 6) is -0.728. The quantitative estimate of drug-likeness (QED) is 0.325. The minimum absolute atomic E-state index is 0.0452. The van der Waals surface area contributed by atoms with Gasteiger partial charge in [-0.2, -0.15) is 0 Å². The van der Waals surface area contributed by atoms with Gasteiger partial charge in [-0.15, -0.1) is 0 Å². The Morgan fingerprint density at radius 2 is 2.11 bits per heavy atom. The first-order valence-corrected chi connectivity index (χ1v) is 8.25. The predicted molar refractivity (Wildman–Crippen MR) is 93.5 cm³/mol. The molecule has 146 valence electrons. The van der Waals surface area contributed by atoms with Crippen molar-refractivity contribution in [1.29, 1.82) is 0 Å². The number of imidazole rings is 1. The van der Waals surface area contributed by atoms with Crippen LogP contribution >= 0.6 is 0 Å². The van der Waals surface area contributed by atoms with E-state index in [1.165, 1.54) is 35.7 Å². The summed E-state index contributed by atoms with van der Waals surface area (Å²) in [5, 5.41) is 31.0. The fourth-order valence-electron chi connectivity index (χ4n) is 3.50. The Morgan fingerprint density at radius 1 is 1.32 bits per heavy atom. The number of pyridine rings is 1. The highest BCUT2D eigenvalue weighted by atomic mass is 16.6. The molecule has 0 bridgehead atoms. The number of primary amides is 1. The molecule has 4 atom stereocenters. The van der Waals surface area contributed by atoms with Gasteiger partial charge in [0, 0.05) is 18.0 Å². The molecule has 4 heterocycles. The van der Waals surface area contributed by atoms with Gasteiger partial charge in [-0.25, -0.2) is 15.0 Å². The first kappa shape index (κ1) is 18.2. The molecule has 1 saturated heterocycles. The second kappa shape index (κ2) is 6.45. The maximum absolute atomic E-state index is 12.0. The molecule has 0 aliphatic carbocycles. The average Bonchev–Trinajstić information content (AvgIpc) is 3.24. The van der Waals surface area contributed by atoms with Crippen LogP contribution in [-0.2, 0) is 10.5 Å². The van der Waals surface area contributed by atoms with Crippen LogP contribution in [0.4, 0.5) is 5.82 Å². The summed E-state index contributed by atoms with van der Waals surface area (Å²) in [6.45, 7) is -0.583. The second-order valence-electron chi connectivity index (χ2n) is 6.30. The number of ether oxygens (including phenoxy) is 1. The van der Waals surface area contributed by atoms with E-state index in [2.05, 4.69) is 19.9 Å². The van der Waals surface area contributed by atoms with Crippen molar-refractivity contribution in [2.45, 2.75) is 24.0 Å². The summed E-state index contributed by atoms with van der Waals surface area (Å²) in [7, 11) is 0. The Balaban J connectivity index is 2.07. The van der Waals surface area contributed by atoms with Gasteiger partial charge < -0.3 is 31.5 Å². The van der Waals surface area contributed by atoms with Gasteiger partial charge in [0.25, 0.3) is 5.91 Å². The highest BCUT2D eigenvalue weighted by Gasteiger charge is 2.58. The lowest BCUT2D eigenvalue weighted by Gasteiger charge is -2.35. The van der Waals surface area contributed by atoms with Crippen molar-refractivity contribution in [3.63, 3.8) is 0 Å². The molecule has 3 aromatic heterocycles. The Bertz CT molecular complexity index is 1060. The summed E-state index contributed by atoms with van der Waals surface area (Å²) in [4.78, 5) is 28.1. The number of aromatic nitrogens is 5. The van der Waals surface area contributed by atoms with E-state index in [-0.39, 0.29) is 28.1 Å². The van der Waals surface area contributed by atoms with Crippen LogP contribution in [0.1, 0.15) is 15.9 Å². The smallest absolute Gasteiger partial charge is 0.250 e. The molecule has 12 heteroatoms. The van der Waals surface area contributed by atoms with Crippen LogP contribution in [0.3, 0.4) is 0 Å². The topological polar surface area (TPSA) is 196 Å². The van der Waals surface area contributed by atoms with Gasteiger partial charge in [-0.05, 0) is 6.07 Å². The lowest BCUT2D eigenvalue weighted by atomic mass is 9.91. The van der Waals surface area contributed by atoms with Crippen molar-refractivity contribution in [3.05, 3.63) is 42.2 Å². The van der Waals surface area contributed by atoms with Gasteiger partial charge in [-0.3, -0.25) is 14.3 Å². The van der Waals surface area contributed by atoms with E-state index in [0.29, 0.717) is 0 Å². The molecule has 28 heavy (non-hydrogen) atoms. The third kappa shape index (κ3) is 2.36. The highest BCUT2D eigenvalue weighted by molar-refractivity contribution is 5.94. The van der Waals surface area contributed by atoms with Crippen molar-refractivity contribution >= 4 is 22.9 Å². The zero-order valence-electron chi connectivity index (χ0n) is 14.4. The lowest BCUT2D eigenvalue weighted by Crippen LogP contribution is -2.47. The van der Waals surface area contributed by atoms with Crippen molar-refractivity contribution in [2.75, 3.05) is 12.3 Å².